The zero-order valence-corrected chi connectivity index (χ0v) is 6.45. The van der Waals surface area contributed by atoms with Crippen molar-refractivity contribution in [1.29, 1.82) is 0 Å². The summed E-state index contributed by atoms with van der Waals surface area (Å²) in [5.41, 5.74) is 4.79. The van der Waals surface area contributed by atoms with E-state index in [2.05, 4.69) is 5.10 Å². The van der Waals surface area contributed by atoms with Gasteiger partial charge in [0.05, 0.1) is 11.8 Å². The normalized spacial score (nSPS) is 11.6. The van der Waals surface area contributed by atoms with Crippen LogP contribution in [0.4, 0.5) is 12.9 Å². The van der Waals surface area contributed by atoms with Crippen LogP contribution in [0.2, 0.25) is 0 Å². The van der Waals surface area contributed by atoms with Gasteiger partial charge in [-0.05, 0) is 0 Å². The molecule has 0 aliphatic rings. The van der Waals surface area contributed by atoms with E-state index in [0.717, 1.165) is 12.4 Å². The lowest BCUT2D eigenvalue weighted by Gasteiger charge is -2.12. The number of amides is 1. The standard InChI is InChI=1S/C5H6BF3N3O/c7-6(8,9)3-12-2-4(1-11-12)5(10)13/h1-2H,3H2,(H2,10,13)/q-1. The van der Waals surface area contributed by atoms with Crippen molar-refractivity contribution in [1.82, 2.24) is 9.78 Å². The quantitative estimate of drug-likeness (QED) is 0.703. The van der Waals surface area contributed by atoms with Crippen LogP contribution in [0.15, 0.2) is 12.4 Å². The van der Waals surface area contributed by atoms with E-state index in [9.17, 15) is 17.7 Å². The van der Waals surface area contributed by atoms with Gasteiger partial charge in [-0.3, -0.25) is 9.48 Å². The van der Waals surface area contributed by atoms with E-state index in [1.807, 2.05) is 0 Å². The lowest BCUT2D eigenvalue weighted by Crippen LogP contribution is -2.24. The molecule has 8 heteroatoms. The van der Waals surface area contributed by atoms with Crippen LogP contribution in [0.1, 0.15) is 10.4 Å². The highest BCUT2D eigenvalue weighted by Crippen LogP contribution is 2.11. The third-order valence-electron chi connectivity index (χ3n) is 1.31. The summed E-state index contributed by atoms with van der Waals surface area (Å²) in [6.45, 7) is -4.94. The predicted molar refractivity (Wildman–Crippen MR) is 39.8 cm³/mol. The molecule has 72 valence electrons. The molecule has 0 atom stereocenters. The Balaban J connectivity index is 2.75. The second-order valence-electron chi connectivity index (χ2n) is 2.53. The Labute approximate surface area is 71.6 Å². The van der Waals surface area contributed by atoms with Crippen LogP contribution in [0.5, 0.6) is 0 Å². The van der Waals surface area contributed by atoms with Crippen LogP contribution in [-0.2, 0) is 6.44 Å². The summed E-state index contributed by atoms with van der Waals surface area (Å²) in [6, 6.07) is 0. The smallest absolute Gasteiger partial charge is 0.448 e. The number of nitrogens with two attached hydrogens (primary N) is 1. The van der Waals surface area contributed by atoms with Crippen molar-refractivity contribution < 1.29 is 17.7 Å². The third-order valence-corrected chi connectivity index (χ3v) is 1.31. The molecule has 0 saturated carbocycles. The predicted octanol–water partition coefficient (Wildman–Crippen LogP) is 0.369. The molecule has 1 heterocycles. The monoisotopic (exact) mass is 192 g/mol. The molecule has 1 aromatic rings. The van der Waals surface area contributed by atoms with Gasteiger partial charge >= 0.3 is 6.98 Å². The number of hydrogen-bond donors (Lipinski definition) is 1. The lowest BCUT2D eigenvalue weighted by molar-refractivity contribution is 0.1000. The van der Waals surface area contributed by atoms with Crippen molar-refractivity contribution in [3.05, 3.63) is 18.0 Å². The van der Waals surface area contributed by atoms with E-state index in [1.165, 1.54) is 0 Å². The molecular formula is C5H6BF3N3O-. The molecule has 0 aromatic carbocycles. The van der Waals surface area contributed by atoms with Crippen molar-refractivity contribution in [2.24, 2.45) is 5.73 Å². The van der Waals surface area contributed by atoms with Crippen molar-refractivity contribution >= 4 is 12.9 Å². The van der Waals surface area contributed by atoms with Crippen LogP contribution >= 0.6 is 0 Å². The number of primary amides is 1. The summed E-state index contributed by atoms with van der Waals surface area (Å²) in [4.78, 5) is 10.5. The molecule has 1 amide bonds. The van der Waals surface area contributed by atoms with Crippen LogP contribution in [-0.4, -0.2) is 22.7 Å². The minimum atomic E-state index is -4.94. The number of nitrogens with zero attached hydrogens (tertiary/aromatic N) is 2. The Morgan fingerprint density at radius 3 is 2.62 bits per heavy atom. The van der Waals surface area contributed by atoms with Gasteiger partial charge in [0, 0.05) is 12.6 Å². The molecule has 13 heavy (non-hydrogen) atoms. The molecule has 1 rings (SSSR count). The first-order valence-electron chi connectivity index (χ1n) is 3.42. The molecule has 1 aromatic heterocycles. The maximum absolute atomic E-state index is 11.8. The summed E-state index contributed by atoms with van der Waals surface area (Å²) in [6.07, 6.45) is 0.814. The zero-order chi connectivity index (χ0) is 10.1. The number of aromatic nitrogens is 2. The Hall–Kier alpha value is -1.47. The van der Waals surface area contributed by atoms with Gasteiger partial charge in [0.1, 0.15) is 0 Å². The van der Waals surface area contributed by atoms with Gasteiger partial charge in [-0.15, -0.1) is 0 Å². The maximum Gasteiger partial charge on any atom is 0.499 e. The van der Waals surface area contributed by atoms with Gasteiger partial charge in [0.25, 0.3) is 5.91 Å². The fourth-order valence-corrected chi connectivity index (χ4v) is 0.803. The Bertz CT molecular complexity index is 321. The number of carbonyl (C=O) groups is 1. The molecule has 0 radical (unpaired) electrons. The highest BCUT2D eigenvalue weighted by Gasteiger charge is 2.24. The van der Waals surface area contributed by atoms with E-state index in [4.69, 9.17) is 5.73 Å². The first kappa shape index (κ1) is 9.62. The molecule has 4 nitrogen and oxygen atoms in total. The average Bonchev–Trinajstić information content (AvgIpc) is 2.31. The molecule has 0 fully saturated rings. The summed E-state index contributed by atoms with van der Waals surface area (Å²) < 4.78 is 36.2. The van der Waals surface area contributed by atoms with E-state index < -0.39 is 19.3 Å². The fourth-order valence-electron chi connectivity index (χ4n) is 0.803. The van der Waals surface area contributed by atoms with Crippen molar-refractivity contribution in [3.8, 4) is 0 Å². The van der Waals surface area contributed by atoms with E-state index in [0.29, 0.717) is 4.68 Å². The van der Waals surface area contributed by atoms with Crippen LogP contribution in [0.3, 0.4) is 0 Å². The van der Waals surface area contributed by atoms with Gasteiger partial charge in [-0.2, -0.15) is 5.10 Å². The number of halogens is 3. The summed E-state index contributed by atoms with van der Waals surface area (Å²) in [5, 5.41) is 3.33. The highest BCUT2D eigenvalue weighted by atomic mass is 19.4. The SMILES string of the molecule is NC(=O)c1cnn(C[B-](F)(F)F)c1. The molecule has 0 aliphatic carbocycles. The Morgan fingerprint density at radius 1 is 1.62 bits per heavy atom. The Kier molecular flexibility index (Phi) is 2.31. The van der Waals surface area contributed by atoms with Gasteiger partial charge in [0.2, 0.25) is 0 Å². The van der Waals surface area contributed by atoms with Gasteiger partial charge in [-0.25, -0.2) is 0 Å². The maximum atomic E-state index is 11.8. The Morgan fingerprint density at radius 2 is 2.23 bits per heavy atom. The fraction of sp³-hybridized carbons (Fsp3) is 0.200. The first-order valence-corrected chi connectivity index (χ1v) is 3.42. The summed E-state index contributed by atoms with van der Waals surface area (Å²) in [7, 11) is 0. The van der Waals surface area contributed by atoms with Crippen LogP contribution in [0.25, 0.3) is 0 Å². The van der Waals surface area contributed by atoms with Crippen molar-refractivity contribution in [2.75, 3.05) is 0 Å². The molecule has 0 spiro atoms. The zero-order valence-electron chi connectivity index (χ0n) is 6.45. The van der Waals surface area contributed by atoms with Gasteiger partial charge in [-0.1, -0.05) is 0 Å². The molecule has 0 aliphatic heterocycles. The third kappa shape index (κ3) is 2.81. The minimum Gasteiger partial charge on any atom is -0.448 e. The van der Waals surface area contributed by atoms with Crippen LogP contribution in [0, 0.1) is 0 Å². The summed E-state index contributed by atoms with van der Waals surface area (Å²) in [5.74, 6) is -0.791. The first-order chi connectivity index (χ1) is 5.88. The summed E-state index contributed by atoms with van der Waals surface area (Å²) >= 11 is 0. The van der Waals surface area contributed by atoms with Gasteiger partial charge < -0.3 is 18.7 Å². The van der Waals surface area contributed by atoms with E-state index >= 15 is 0 Å². The lowest BCUT2D eigenvalue weighted by atomic mass is 9.93. The second kappa shape index (κ2) is 3.12. The molecule has 2 N–H and O–H groups in total. The highest BCUT2D eigenvalue weighted by molar-refractivity contribution is 6.57. The molecular weight excluding hydrogens is 186 g/mol. The molecule has 0 bridgehead atoms. The second-order valence-corrected chi connectivity index (χ2v) is 2.53. The number of carbonyl (C=O) groups excluding carboxylic acids is 1. The molecule has 0 saturated heterocycles. The van der Waals surface area contributed by atoms with Crippen LogP contribution < -0.4 is 5.73 Å². The number of hydrogen-bond acceptors (Lipinski definition) is 2. The van der Waals surface area contributed by atoms with Crippen molar-refractivity contribution in [3.63, 3.8) is 0 Å². The topological polar surface area (TPSA) is 60.9 Å². The van der Waals surface area contributed by atoms with Crippen molar-refractivity contribution in [2.45, 2.75) is 6.44 Å². The van der Waals surface area contributed by atoms with Gasteiger partial charge in [0.15, 0.2) is 0 Å². The largest absolute Gasteiger partial charge is 0.499 e. The number of rotatable bonds is 3. The minimum absolute atomic E-state index is 0.0277. The average molecular weight is 192 g/mol. The van der Waals surface area contributed by atoms with E-state index in [-0.39, 0.29) is 5.56 Å². The van der Waals surface area contributed by atoms with E-state index in [1.54, 1.807) is 0 Å². The molecule has 0 unspecified atom stereocenters.